The molecule has 0 aliphatic heterocycles. The number of halogens is 12. The number of aromatic nitrogens is 16. The molecule has 0 bridgehead atoms. The van der Waals surface area contributed by atoms with Crippen molar-refractivity contribution in [2.24, 2.45) is 0 Å². The van der Waals surface area contributed by atoms with Crippen molar-refractivity contribution in [2.75, 3.05) is 0 Å². The summed E-state index contributed by atoms with van der Waals surface area (Å²) in [6.07, 6.45) is 58.1. The second-order valence-corrected chi connectivity index (χ2v) is 19.5. The molecule has 8 rings (SSSR count). The van der Waals surface area contributed by atoms with Gasteiger partial charge in [0.15, 0.2) is 26.7 Å². The van der Waals surface area contributed by atoms with Crippen LogP contribution in [0.4, 0.5) is 50.4 Å². The zero-order valence-electron chi connectivity index (χ0n) is 47.7. The van der Waals surface area contributed by atoms with E-state index in [1.165, 1.54) is 0 Å². The van der Waals surface area contributed by atoms with Crippen LogP contribution in [-0.4, -0.2) is 69.4 Å². The maximum absolute atomic E-state index is 10.7. The zero-order valence-corrected chi connectivity index (χ0v) is 53.2. The molecule has 0 aromatic carbocycles. The van der Waals surface area contributed by atoms with E-state index in [9.17, 15) is 50.4 Å². The third-order valence-corrected chi connectivity index (χ3v) is 9.41. The number of imidazole rings is 8. The molecule has 0 spiro atoms. The van der Waals surface area contributed by atoms with Crippen molar-refractivity contribution in [3.63, 3.8) is 0 Å². The quantitative estimate of drug-likeness (QED) is 0.0573. The van der Waals surface area contributed by atoms with Crippen LogP contribution in [0.5, 0.6) is 0 Å². The van der Waals surface area contributed by atoms with Crippen molar-refractivity contribution in [1.29, 1.82) is 0 Å². The van der Waals surface area contributed by atoms with Gasteiger partial charge in [-0.15, -0.1) is 0 Å². The Morgan fingerprint density at radius 2 is 0.326 bits per heavy atom. The summed E-state index contributed by atoms with van der Waals surface area (Å²) in [5.41, 5.74) is 0. The van der Waals surface area contributed by atoms with Crippen LogP contribution >= 0.6 is 15.6 Å². The minimum absolute atomic E-state index is 0. The molecule has 42 heteroatoms. The summed E-state index contributed by atoms with van der Waals surface area (Å²) in [7, 11) is -21.3. The zero-order chi connectivity index (χ0) is 55.5. The van der Waals surface area contributed by atoms with E-state index in [4.69, 9.17) is 0 Å². The Morgan fingerprint density at radius 1 is 0.244 bits per heavy atom. The molecule has 0 radical (unpaired) electrons. The third-order valence-electron chi connectivity index (χ3n) is 9.41. The van der Waals surface area contributed by atoms with Gasteiger partial charge in [-0.05, 0) is 155 Å². The van der Waals surface area contributed by atoms with E-state index in [1.807, 2.05) is 172 Å². The molecule has 0 amide bonds. The van der Waals surface area contributed by atoms with Crippen molar-refractivity contribution in [1.82, 2.24) is 36.5 Å². The smallest absolute Gasteiger partial charge is 2.00 e. The first-order chi connectivity index (χ1) is 34.2. The number of hydrogen-bond donors (Lipinski definition) is 0. The largest absolute Gasteiger partial charge is 5.00 e. The summed E-state index contributed by atoms with van der Waals surface area (Å²) < 4.78 is 151. The Labute approximate surface area is 516 Å². The van der Waals surface area contributed by atoms with Gasteiger partial charge in [0, 0.05) is 0 Å². The van der Waals surface area contributed by atoms with Crippen LogP contribution in [-0.2, 0) is 141 Å². The molecule has 0 saturated heterocycles. The van der Waals surface area contributed by atoms with Crippen molar-refractivity contribution in [3.05, 3.63) is 150 Å². The molecular formula is C44H76F12N16O10P2Tc2. The predicted molar refractivity (Wildman–Crippen MR) is 266 cm³/mol. The second kappa shape index (κ2) is 41.7. The summed E-state index contributed by atoms with van der Waals surface area (Å²) in [4.78, 5) is 0. The first-order valence-corrected chi connectivity index (χ1v) is 27.2. The van der Waals surface area contributed by atoms with E-state index in [0.717, 1.165) is 79.0 Å². The molecule has 0 saturated carbocycles. The maximum Gasteiger partial charge on any atom is 5.00 e. The predicted octanol–water partition coefficient (Wildman–Crippen LogP) is 1.38. The van der Waals surface area contributed by atoms with Gasteiger partial charge in [-0.1, -0.05) is 0 Å². The van der Waals surface area contributed by atoms with Gasteiger partial charge in [0.1, 0.15) is 0 Å². The van der Waals surface area contributed by atoms with Crippen molar-refractivity contribution in [3.8, 4) is 0 Å². The van der Waals surface area contributed by atoms with E-state index >= 15 is 0 Å². The van der Waals surface area contributed by atoms with Gasteiger partial charge >= 0.3 is 106 Å². The van der Waals surface area contributed by atoms with E-state index in [0.29, 0.717) is 0 Å². The molecule has 12 N–H and O–H groups in total. The van der Waals surface area contributed by atoms with Crippen molar-refractivity contribution in [2.45, 2.75) is 134 Å². The number of nitrogens with zero attached hydrogens (tertiary/aromatic N) is 16. The van der Waals surface area contributed by atoms with Crippen molar-refractivity contribution < 1.29 is 182 Å². The van der Waals surface area contributed by atoms with Gasteiger partial charge in [0.05, 0.1) is 52.4 Å². The molecule has 8 aromatic rings. The topological polar surface area (TPSA) is 373 Å². The molecule has 0 aliphatic rings. The Bertz CT molecular complexity index is 2380. The van der Waals surface area contributed by atoms with Gasteiger partial charge in [0.2, 0.25) is 50.6 Å². The second-order valence-electron chi connectivity index (χ2n) is 15.7. The fourth-order valence-corrected chi connectivity index (χ4v) is 5.84. The van der Waals surface area contributed by atoms with Crippen LogP contribution in [0.15, 0.2) is 99.1 Å². The standard InChI is InChI=1S/4C11H16N4.2F6P.6H2O.4O.2Tc/c4*1-3-12-5-7-14(9-12)11-15-8-6-13(4-2)10-15;2*1-7(2,3,4,5)6;;;;;;;;;;;;/h4*5-8H,3-4,11H2,1-2H3;;;6*1H2;;;;;;/q;;;;2*-1;;;;;;;4*-2;2*+5. The van der Waals surface area contributed by atoms with E-state index in [2.05, 4.69) is 106 Å². The molecule has 0 atom stereocenters. The van der Waals surface area contributed by atoms with Crippen molar-refractivity contribution >= 4 is 15.6 Å². The van der Waals surface area contributed by atoms with Gasteiger partial charge in [-0.25, -0.2) is 0 Å². The van der Waals surface area contributed by atoms with E-state index < -0.39 is 15.6 Å². The molecule has 86 heavy (non-hydrogen) atoms. The first kappa shape index (κ1) is 102. The van der Waals surface area contributed by atoms with Crippen LogP contribution in [0.3, 0.4) is 0 Å². The minimum atomic E-state index is -10.7. The Hall–Kier alpha value is -5.40. The number of hydrogen-bond acceptors (Lipinski definition) is 0. The number of aryl methyl sites for hydroxylation is 8. The molecule has 8 aromatic heterocycles. The summed E-state index contributed by atoms with van der Waals surface area (Å²) in [6.45, 7) is 27.5. The van der Waals surface area contributed by atoms with E-state index in [-0.39, 0.29) is 95.0 Å². The first-order valence-electron chi connectivity index (χ1n) is 23.1. The van der Waals surface area contributed by atoms with Crippen LogP contribution in [0.25, 0.3) is 0 Å². The molecule has 0 aliphatic carbocycles. The average Bonchev–Trinajstić information content (AvgIpc) is 4.16. The fraction of sp³-hybridized carbons (Fsp3) is 0.455. The minimum Gasteiger partial charge on any atom is -2.00 e. The summed E-state index contributed by atoms with van der Waals surface area (Å²) >= 11 is 0. The molecular weight excluding hydrogens is 1400 g/mol. The van der Waals surface area contributed by atoms with Gasteiger partial charge in [-0.3, -0.25) is 0 Å². The van der Waals surface area contributed by atoms with Crippen LogP contribution in [0.2, 0.25) is 0 Å². The SMILES string of the molecule is CC[n+]1[c-]n(Cn2[c-][n+](CC)cc2)cc1.CC[n+]1[c-]n(Cn2[c-][n+](CC)cc2)cc1.CC[n+]1[c-]n(Cn2[c-][n+](CC)cc2)cc1.CC[n+]1[c-]n(Cn2[c-][n+](CC)cc2)cc1.F[P-](F)(F)(F)(F)F.F[P-](F)(F)(F)(F)F.O.O.O.O.O.O.[O-2].[O-2].[O-2].[O-2].[Tc+5].[Tc+5]. The summed E-state index contributed by atoms with van der Waals surface area (Å²) in [5, 5.41) is 0. The van der Waals surface area contributed by atoms with Gasteiger partial charge < -0.3 is 128 Å². The van der Waals surface area contributed by atoms with Gasteiger partial charge in [-0.2, -0.15) is 0 Å². The normalized spacial score (nSPS) is 11.3. The van der Waals surface area contributed by atoms with Crippen LogP contribution in [0.1, 0.15) is 55.4 Å². The van der Waals surface area contributed by atoms with Crippen LogP contribution < -0.4 is 36.5 Å². The Morgan fingerprint density at radius 3 is 0.384 bits per heavy atom. The average molecular weight is 1480 g/mol. The molecule has 8 heterocycles. The summed E-state index contributed by atoms with van der Waals surface area (Å²) in [5.74, 6) is 0. The molecule has 0 fully saturated rings. The third kappa shape index (κ3) is 48.7. The monoisotopic (exact) mass is 1470 g/mol. The molecule has 500 valence electrons. The Balaban J connectivity index is -0.000000100. The Kier molecular flexibility index (Phi) is 49.7. The molecule has 0 unspecified atom stereocenters. The van der Waals surface area contributed by atoms with E-state index in [1.54, 1.807) is 0 Å². The van der Waals surface area contributed by atoms with Gasteiger partial charge in [0.25, 0.3) is 0 Å². The maximum atomic E-state index is 9.87. The number of rotatable bonds is 16. The van der Waals surface area contributed by atoms with Crippen LogP contribution in [0, 0.1) is 50.6 Å². The fourth-order valence-electron chi connectivity index (χ4n) is 5.84. The molecule has 26 nitrogen and oxygen atoms in total. The summed E-state index contributed by atoms with van der Waals surface area (Å²) in [6, 6.07) is 0.